The smallest absolute Gasteiger partial charge is 0.323 e. The highest BCUT2D eigenvalue weighted by Crippen LogP contribution is 2.14. The molecule has 0 rings (SSSR count). The number of esters is 4. The Bertz CT molecular complexity index is 507. The third kappa shape index (κ3) is 11.5. The molecule has 1 atom stereocenters. The molecule has 0 aliphatic rings. The predicted octanol–water partition coefficient (Wildman–Crippen LogP) is 1.47. The third-order valence-electron chi connectivity index (χ3n) is 3.32. The molecule has 0 aromatic carbocycles. The molecule has 1 unspecified atom stereocenters. The summed E-state index contributed by atoms with van der Waals surface area (Å²) in [5.41, 5.74) is -0.661. The molecule has 0 aromatic heterocycles. The predicted molar refractivity (Wildman–Crippen MR) is 100 cm³/mol. The minimum absolute atomic E-state index is 0.0204. The van der Waals surface area contributed by atoms with Crippen molar-refractivity contribution in [2.75, 3.05) is 32.9 Å². The van der Waals surface area contributed by atoms with Crippen LogP contribution in [0.15, 0.2) is 0 Å². The van der Waals surface area contributed by atoms with Gasteiger partial charge in [0.15, 0.2) is 0 Å². The van der Waals surface area contributed by atoms with Crippen LogP contribution >= 0.6 is 0 Å². The van der Waals surface area contributed by atoms with Gasteiger partial charge in [0.2, 0.25) is 0 Å². The maximum atomic E-state index is 12.4. The maximum absolute atomic E-state index is 12.4. The van der Waals surface area contributed by atoms with Crippen LogP contribution in [0.1, 0.15) is 54.4 Å². The van der Waals surface area contributed by atoms with E-state index in [0.29, 0.717) is 0 Å². The minimum atomic E-state index is -0.999. The molecule has 0 bridgehead atoms. The van der Waals surface area contributed by atoms with Gasteiger partial charge in [0, 0.05) is 6.42 Å². The summed E-state index contributed by atoms with van der Waals surface area (Å²) in [7, 11) is 0. The minimum Gasteiger partial charge on any atom is -0.465 e. The fourth-order valence-electron chi connectivity index (χ4n) is 2.36. The van der Waals surface area contributed by atoms with Crippen LogP contribution in [0.2, 0.25) is 0 Å². The first-order valence-electron chi connectivity index (χ1n) is 9.47. The number of hydrogen-bond acceptors (Lipinski definition) is 9. The molecule has 9 heteroatoms. The third-order valence-corrected chi connectivity index (χ3v) is 3.32. The van der Waals surface area contributed by atoms with E-state index in [1.165, 1.54) is 4.90 Å². The Kier molecular flexibility index (Phi) is 12.1. The molecule has 0 aromatic rings. The van der Waals surface area contributed by atoms with E-state index in [9.17, 15) is 19.2 Å². The summed E-state index contributed by atoms with van der Waals surface area (Å²) in [5, 5.41) is 0. The highest BCUT2D eigenvalue weighted by Gasteiger charge is 2.32. The quantitative estimate of drug-likeness (QED) is 0.353. The van der Waals surface area contributed by atoms with Crippen molar-refractivity contribution in [2.24, 2.45) is 0 Å². The summed E-state index contributed by atoms with van der Waals surface area (Å²) in [5.74, 6) is -2.33. The Balaban J connectivity index is 5.37. The molecule has 0 aliphatic carbocycles. The molecule has 0 N–H and O–H groups in total. The van der Waals surface area contributed by atoms with Gasteiger partial charge in [-0.2, -0.15) is 0 Å². The Hall–Kier alpha value is -2.16. The number of ether oxygens (including phenoxy) is 4. The van der Waals surface area contributed by atoms with Gasteiger partial charge in [0.1, 0.15) is 11.6 Å². The van der Waals surface area contributed by atoms with Crippen LogP contribution in [0, 0.1) is 0 Å². The zero-order valence-corrected chi connectivity index (χ0v) is 17.7. The molecule has 9 nitrogen and oxygen atoms in total. The van der Waals surface area contributed by atoms with E-state index in [-0.39, 0.29) is 45.8 Å². The zero-order valence-electron chi connectivity index (χ0n) is 17.7. The summed E-state index contributed by atoms with van der Waals surface area (Å²) in [6.07, 6.45) is -0.0601. The highest BCUT2D eigenvalue weighted by atomic mass is 16.6. The van der Waals surface area contributed by atoms with Crippen LogP contribution in [0.3, 0.4) is 0 Å². The molecule has 0 saturated carbocycles. The lowest BCUT2D eigenvalue weighted by Gasteiger charge is -2.28. The number of carbonyl (C=O) groups excluding carboxylic acids is 4. The van der Waals surface area contributed by atoms with Crippen LogP contribution < -0.4 is 0 Å². The molecular formula is C19H33NO8. The van der Waals surface area contributed by atoms with E-state index in [2.05, 4.69) is 0 Å². The average molecular weight is 403 g/mol. The van der Waals surface area contributed by atoms with E-state index in [1.807, 2.05) is 0 Å². The Morgan fingerprint density at radius 2 is 1.25 bits per heavy atom. The summed E-state index contributed by atoms with van der Waals surface area (Å²) in [6.45, 7) is 9.97. The van der Waals surface area contributed by atoms with Gasteiger partial charge in [-0.05, 0) is 48.0 Å². The van der Waals surface area contributed by atoms with Crippen LogP contribution in [0.5, 0.6) is 0 Å². The van der Waals surface area contributed by atoms with E-state index in [1.54, 1.807) is 41.5 Å². The Labute approximate surface area is 166 Å². The maximum Gasteiger partial charge on any atom is 0.323 e. The molecule has 0 aliphatic heterocycles. The number of hydrogen-bond donors (Lipinski definition) is 0. The second kappa shape index (κ2) is 13.1. The van der Waals surface area contributed by atoms with Crippen LogP contribution in [-0.4, -0.2) is 73.3 Å². The SMILES string of the molecule is CCOC(=O)CN(CC(=O)OCC)C(CCC(=O)OC(C)(C)C)C(=O)OCC. The summed E-state index contributed by atoms with van der Waals surface area (Å²) in [6, 6.07) is -0.999. The van der Waals surface area contributed by atoms with Crippen molar-refractivity contribution in [2.45, 2.75) is 66.0 Å². The summed E-state index contributed by atoms with van der Waals surface area (Å²) < 4.78 is 20.2. The Morgan fingerprint density at radius 3 is 1.64 bits per heavy atom. The molecule has 0 saturated heterocycles. The topological polar surface area (TPSA) is 108 Å². The standard InChI is InChI=1S/C19H33NO8/c1-7-25-16(22)12-20(13-17(23)26-8-2)14(18(24)27-9-3)10-11-15(21)28-19(4,5)6/h14H,7-13H2,1-6H3. The first-order valence-corrected chi connectivity index (χ1v) is 9.47. The van der Waals surface area contributed by atoms with Crippen LogP contribution in [-0.2, 0) is 38.1 Å². The molecule has 0 heterocycles. The van der Waals surface area contributed by atoms with Crippen molar-refractivity contribution in [1.82, 2.24) is 4.90 Å². The van der Waals surface area contributed by atoms with E-state index in [4.69, 9.17) is 18.9 Å². The van der Waals surface area contributed by atoms with Crippen molar-refractivity contribution < 1.29 is 38.1 Å². The summed E-state index contributed by atoms with van der Waals surface area (Å²) >= 11 is 0. The van der Waals surface area contributed by atoms with Crippen molar-refractivity contribution >= 4 is 23.9 Å². The van der Waals surface area contributed by atoms with Gasteiger partial charge in [-0.1, -0.05) is 0 Å². The fraction of sp³-hybridized carbons (Fsp3) is 0.789. The largest absolute Gasteiger partial charge is 0.465 e. The first-order chi connectivity index (χ1) is 13.0. The van der Waals surface area contributed by atoms with Crippen LogP contribution in [0.4, 0.5) is 0 Å². The number of rotatable bonds is 12. The molecule has 0 radical (unpaired) electrons. The van der Waals surface area contributed by atoms with Gasteiger partial charge in [-0.3, -0.25) is 24.1 Å². The summed E-state index contributed by atoms with van der Waals surface area (Å²) in [4.78, 5) is 49.7. The van der Waals surface area contributed by atoms with Crippen molar-refractivity contribution in [3.05, 3.63) is 0 Å². The monoisotopic (exact) mass is 403 g/mol. The molecular weight excluding hydrogens is 370 g/mol. The van der Waals surface area contributed by atoms with Gasteiger partial charge >= 0.3 is 23.9 Å². The lowest BCUT2D eigenvalue weighted by molar-refractivity contribution is -0.157. The Morgan fingerprint density at radius 1 is 0.786 bits per heavy atom. The zero-order chi connectivity index (χ0) is 21.7. The number of carbonyl (C=O) groups is 4. The first kappa shape index (κ1) is 25.8. The fourth-order valence-corrected chi connectivity index (χ4v) is 2.36. The molecule has 0 amide bonds. The second-order valence-corrected chi connectivity index (χ2v) is 6.91. The van der Waals surface area contributed by atoms with Gasteiger partial charge in [-0.15, -0.1) is 0 Å². The van der Waals surface area contributed by atoms with E-state index in [0.717, 1.165) is 0 Å². The molecule has 162 valence electrons. The van der Waals surface area contributed by atoms with Crippen molar-refractivity contribution in [3.8, 4) is 0 Å². The van der Waals surface area contributed by atoms with Crippen LogP contribution in [0.25, 0.3) is 0 Å². The van der Waals surface area contributed by atoms with Crippen molar-refractivity contribution in [3.63, 3.8) is 0 Å². The van der Waals surface area contributed by atoms with Crippen molar-refractivity contribution in [1.29, 1.82) is 0 Å². The molecule has 0 fully saturated rings. The van der Waals surface area contributed by atoms with E-state index < -0.39 is 35.5 Å². The molecule has 28 heavy (non-hydrogen) atoms. The normalized spacial score (nSPS) is 12.2. The lowest BCUT2D eigenvalue weighted by Crippen LogP contribution is -2.48. The lowest BCUT2D eigenvalue weighted by atomic mass is 10.1. The van der Waals surface area contributed by atoms with Gasteiger partial charge < -0.3 is 18.9 Å². The average Bonchev–Trinajstić information content (AvgIpc) is 2.53. The molecule has 0 spiro atoms. The van der Waals surface area contributed by atoms with Gasteiger partial charge in [0.25, 0.3) is 0 Å². The highest BCUT2D eigenvalue weighted by molar-refractivity contribution is 5.81. The second-order valence-electron chi connectivity index (χ2n) is 6.91. The van der Waals surface area contributed by atoms with E-state index >= 15 is 0 Å². The number of nitrogens with zero attached hydrogens (tertiary/aromatic N) is 1. The van der Waals surface area contributed by atoms with Gasteiger partial charge in [0.05, 0.1) is 32.9 Å². The van der Waals surface area contributed by atoms with Gasteiger partial charge in [-0.25, -0.2) is 0 Å².